The Balaban J connectivity index is 1.89. The van der Waals surface area contributed by atoms with Crippen LogP contribution in [0.25, 0.3) is 0 Å². The van der Waals surface area contributed by atoms with Crippen LogP contribution >= 0.6 is 11.3 Å². The van der Waals surface area contributed by atoms with Gasteiger partial charge >= 0.3 is 0 Å². The number of carbonyl (C=O) groups is 1. The normalized spacial score (nSPS) is 19.7. The first-order valence-corrected chi connectivity index (χ1v) is 7.78. The van der Waals surface area contributed by atoms with Gasteiger partial charge in [-0.05, 0) is 12.6 Å². The van der Waals surface area contributed by atoms with E-state index in [9.17, 15) is 4.79 Å². The molecule has 2 N–H and O–H groups in total. The van der Waals surface area contributed by atoms with Crippen molar-refractivity contribution in [1.29, 1.82) is 0 Å². The van der Waals surface area contributed by atoms with Gasteiger partial charge in [0.1, 0.15) is 5.69 Å². The maximum atomic E-state index is 12.7. The fourth-order valence-corrected chi connectivity index (χ4v) is 3.19. The first-order valence-electron chi connectivity index (χ1n) is 6.90. The van der Waals surface area contributed by atoms with Crippen molar-refractivity contribution in [2.45, 2.75) is 6.04 Å². The molecule has 6 heteroatoms. The number of rotatable bonds is 2. The molecule has 1 aromatic heterocycles. The minimum absolute atomic E-state index is 0.0371. The second-order valence-electron chi connectivity index (χ2n) is 5.26. The lowest BCUT2D eigenvalue weighted by Gasteiger charge is -2.40. The Morgan fingerprint density at radius 2 is 2.10 bits per heavy atom. The average Bonchev–Trinajstić information content (AvgIpc) is 2.94. The molecule has 1 aromatic carbocycles. The second kappa shape index (κ2) is 5.83. The predicted octanol–water partition coefficient (Wildman–Crippen LogP) is 1.85. The van der Waals surface area contributed by atoms with Gasteiger partial charge in [-0.25, -0.2) is 4.98 Å². The van der Waals surface area contributed by atoms with Crippen molar-refractivity contribution in [1.82, 2.24) is 14.8 Å². The van der Waals surface area contributed by atoms with E-state index in [0.717, 1.165) is 18.7 Å². The number of benzene rings is 1. The zero-order valence-electron chi connectivity index (χ0n) is 11.9. The lowest BCUT2D eigenvalue weighted by atomic mass is 10.0. The van der Waals surface area contributed by atoms with Gasteiger partial charge in [0, 0.05) is 25.0 Å². The minimum atomic E-state index is -0.0371. The second-order valence-corrected chi connectivity index (χ2v) is 6.15. The van der Waals surface area contributed by atoms with Crippen molar-refractivity contribution in [2.75, 3.05) is 32.4 Å². The zero-order chi connectivity index (χ0) is 14.8. The van der Waals surface area contributed by atoms with Crippen molar-refractivity contribution in [3.63, 3.8) is 0 Å². The first-order chi connectivity index (χ1) is 10.1. The molecule has 1 unspecified atom stereocenters. The molecule has 21 heavy (non-hydrogen) atoms. The fourth-order valence-electron chi connectivity index (χ4n) is 2.66. The van der Waals surface area contributed by atoms with Crippen LogP contribution in [-0.2, 0) is 0 Å². The SMILES string of the molecule is CN1CCN(C(=O)c2csc(N)n2)C(c2ccccc2)C1. The van der Waals surface area contributed by atoms with Gasteiger partial charge < -0.3 is 15.5 Å². The number of nitrogens with two attached hydrogens (primary N) is 1. The number of hydrogen-bond acceptors (Lipinski definition) is 5. The van der Waals surface area contributed by atoms with Gasteiger partial charge in [0.2, 0.25) is 0 Å². The maximum Gasteiger partial charge on any atom is 0.274 e. The Kier molecular flexibility index (Phi) is 3.90. The number of amides is 1. The van der Waals surface area contributed by atoms with E-state index in [-0.39, 0.29) is 11.9 Å². The van der Waals surface area contributed by atoms with Crippen LogP contribution in [0.4, 0.5) is 5.13 Å². The molecule has 0 saturated carbocycles. The summed E-state index contributed by atoms with van der Waals surface area (Å²) in [5.41, 5.74) is 7.24. The van der Waals surface area contributed by atoms with E-state index in [0.29, 0.717) is 17.4 Å². The molecule has 110 valence electrons. The summed E-state index contributed by atoms with van der Waals surface area (Å²) in [6.45, 7) is 2.40. The number of nitrogens with zero attached hydrogens (tertiary/aromatic N) is 3. The van der Waals surface area contributed by atoms with E-state index in [2.05, 4.69) is 29.1 Å². The number of thiazole rings is 1. The Bertz CT molecular complexity index is 628. The van der Waals surface area contributed by atoms with Gasteiger partial charge in [-0.1, -0.05) is 30.3 Å². The summed E-state index contributed by atoms with van der Waals surface area (Å²) in [4.78, 5) is 21.0. The highest BCUT2D eigenvalue weighted by Crippen LogP contribution is 2.27. The summed E-state index contributed by atoms with van der Waals surface area (Å²) in [6.07, 6.45) is 0. The molecule has 3 rings (SSSR count). The molecular formula is C15H18N4OS. The molecule has 1 aliphatic rings. The molecule has 1 saturated heterocycles. The van der Waals surface area contributed by atoms with Crippen molar-refractivity contribution in [3.8, 4) is 0 Å². The monoisotopic (exact) mass is 302 g/mol. The van der Waals surface area contributed by atoms with Crippen molar-refractivity contribution >= 4 is 22.4 Å². The van der Waals surface area contributed by atoms with Gasteiger partial charge in [0.05, 0.1) is 6.04 Å². The number of likely N-dealkylation sites (N-methyl/N-ethyl adjacent to an activating group) is 1. The number of anilines is 1. The number of carbonyl (C=O) groups excluding carboxylic acids is 1. The van der Waals surface area contributed by atoms with Gasteiger partial charge in [-0.15, -0.1) is 11.3 Å². The van der Waals surface area contributed by atoms with E-state index >= 15 is 0 Å². The number of hydrogen-bond donors (Lipinski definition) is 1. The van der Waals surface area contributed by atoms with Crippen LogP contribution in [0.1, 0.15) is 22.1 Å². The number of aromatic nitrogens is 1. The van der Waals surface area contributed by atoms with Crippen LogP contribution in [0.15, 0.2) is 35.7 Å². The molecule has 0 radical (unpaired) electrons. The summed E-state index contributed by atoms with van der Waals surface area (Å²) >= 11 is 1.30. The van der Waals surface area contributed by atoms with E-state index in [1.165, 1.54) is 11.3 Å². The molecule has 1 aliphatic heterocycles. The van der Waals surface area contributed by atoms with E-state index in [4.69, 9.17) is 5.73 Å². The molecular weight excluding hydrogens is 284 g/mol. The molecule has 5 nitrogen and oxygen atoms in total. The highest BCUT2D eigenvalue weighted by molar-refractivity contribution is 7.13. The smallest absolute Gasteiger partial charge is 0.274 e. The number of nitrogen functional groups attached to an aromatic ring is 1. The molecule has 1 amide bonds. The van der Waals surface area contributed by atoms with E-state index < -0.39 is 0 Å². The maximum absolute atomic E-state index is 12.7. The summed E-state index contributed by atoms with van der Waals surface area (Å²) in [5.74, 6) is -0.0371. The lowest BCUT2D eigenvalue weighted by molar-refractivity contribution is 0.0493. The number of piperazine rings is 1. The Labute approximate surface area is 128 Å². The van der Waals surface area contributed by atoms with Gasteiger partial charge in [-0.3, -0.25) is 4.79 Å². The standard InChI is InChI=1S/C15H18N4OS/c1-18-7-8-19(14(20)12-10-21-15(16)17-12)13(9-18)11-5-3-2-4-6-11/h2-6,10,13H,7-9H2,1H3,(H2,16,17). The summed E-state index contributed by atoms with van der Waals surface area (Å²) in [6, 6.07) is 10.2. The molecule has 1 fully saturated rings. The summed E-state index contributed by atoms with van der Waals surface area (Å²) in [7, 11) is 2.08. The average molecular weight is 302 g/mol. The van der Waals surface area contributed by atoms with Crippen LogP contribution < -0.4 is 5.73 Å². The van der Waals surface area contributed by atoms with Crippen molar-refractivity contribution in [2.24, 2.45) is 0 Å². The molecule has 2 heterocycles. The molecule has 2 aromatic rings. The highest BCUT2D eigenvalue weighted by Gasteiger charge is 2.31. The van der Waals surface area contributed by atoms with Crippen molar-refractivity contribution < 1.29 is 4.79 Å². The molecule has 0 aliphatic carbocycles. The van der Waals surface area contributed by atoms with Crippen molar-refractivity contribution in [3.05, 3.63) is 47.0 Å². The van der Waals surface area contributed by atoms with Crippen LogP contribution in [0.5, 0.6) is 0 Å². The summed E-state index contributed by atoms with van der Waals surface area (Å²) in [5, 5.41) is 2.17. The third-order valence-electron chi connectivity index (χ3n) is 3.77. The Morgan fingerprint density at radius 1 is 1.33 bits per heavy atom. The van der Waals surface area contributed by atoms with Gasteiger partial charge in [0.15, 0.2) is 5.13 Å². The predicted molar refractivity (Wildman–Crippen MR) is 84.2 cm³/mol. The third kappa shape index (κ3) is 2.91. The minimum Gasteiger partial charge on any atom is -0.375 e. The van der Waals surface area contributed by atoms with Crippen LogP contribution in [0, 0.1) is 0 Å². The van der Waals surface area contributed by atoms with E-state index in [1.54, 1.807) is 5.38 Å². The fraction of sp³-hybridized carbons (Fsp3) is 0.333. The van der Waals surface area contributed by atoms with Crippen LogP contribution in [-0.4, -0.2) is 47.4 Å². The zero-order valence-corrected chi connectivity index (χ0v) is 12.7. The topological polar surface area (TPSA) is 62.5 Å². The molecule has 0 spiro atoms. The van der Waals surface area contributed by atoms with E-state index in [1.807, 2.05) is 23.1 Å². The van der Waals surface area contributed by atoms with Gasteiger partial charge in [0.25, 0.3) is 5.91 Å². The lowest BCUT2D eigenvalue weighted by Crippen LogP contribution is -2.49. The third-order valence-corrected chi connectivity index (χ3v) is 4.44. The molecule has 1 atom stereocenters. The Morgan fingerprint density at radius 3 is 2.76 bits per heavy atom. The van der Waals surface area contributed by atoms with Gasteiger partial charge in [-0.2, -0.15) is 0 Å². The Hall–Kier alpha value is -1.92. The first kappa shape index (κ1) is 14.0. The quantitative estimate of drug-likeness (QED) is 0.919. The highest BCUT2D eigenvalue weighted by atomic mass is 32.1. The molecule has 0 bridgehead atoms. The van der Waals surface area contributed by atoms with Crippen LogP contribution in [0.2, 0.25) is 0 Å². The summed E-state index contributed by atoms with van der Waals surface area (Å²) < 4.78 is 0. The largest absolute Gasteiger partial charge is 0.375 e. The van der Waals surface area contributed by atoms with Crippen LogP contribution in [0.3, 0.4) is 0 Å².